The third kappa shape index (κ3) is 4.27. The number of fused-ring (bicyclic) bond motifs is 1. The van der Waals surface area contributed by atoms with Crippen LogP contribution in [0.15, 0.2) is 60.8 Å². The monoisotopic (exact) mass is 406 g/mol. The number of H-pyrrole nitrogens is 1. The second kappa shape index (κ2) is 8.69. The first kappa shape index (κ1) is 19.5. The van der Waals surface area contributed by atoms with Crippen LogP contribution >= 0.6 is 0 Å². The molecule has 0 aliphatic carbocycles. The molecule has 8 heteroatoms. The number of likely N-dealkylation sites (tertiary alicyclic amines) is 1. The maximum absolute atomic E-state index is 12.6. The Balaban J connectivity index is 1.31. The molecule has 0 unspecified atom stereocenters. The summed E-state index contributed by atoms with van der Waals surface area (Å²) in [5.41, 5.74) is 7.07. The molecule has 3 N–H and O–H groups in total. The Labute approximate surface area is 173 Å². The first-order valence-electron chi connectivity index (χ1n) is 9.76. The molecule has 0 radical (unpaired) electrons. The van der Waals surface area contributed by atoms with E-state index in [2.05, 4.69) is 15.8 Å². The summed E-state index contributed by atoms with van der Waals surface area (Å²) in [6.45, 7) is 0.576. The third-order valence-electron chi connectivity index (χ3n) is 5.11. The number of ether oxygens (including phenoxy) is 1. The summed E-state index contributed by atoms with van der Waals surface area (Å²) in [6.07, 6.45) is 2.45. The highest BCUT2D eigenvalue weighted by Gasteiger charge is 2.35. The number of amides is 3. The minimum absolute atomic E-state index is 0.142. The van der Waals surface area contributed by atoms with Crippen LogP contribution in [-0.2, 0) is 16.1 Å². The molecule has 2 heterocycles. The maximum atomic E-state index is 12.6. The van der Waals surface area contributed by atoms with Crippen LogP contribution in [0.5, 0.6) is 0 Å². The molecule has 1 saturated heterocycles. The first-order valence-corrected chi connectivity index (χ1v) is 9.76. The smallest absolute Gasteiger partial charge is 0.410 e. The molecule has 8 nitrogen and oxygen atoms in total. The van der Waals surface area contributed by atoms with E-state index in [9.17, 15) is 14.4 Å². The fourth-order valence-corrected chi connectivity index (χ4v) is 3.53. The highest BCUT2D eigenvalue weighted by Crippen LogP contribution is 2.19. The fraction of sp³-hybridized carbons (Fsp3) is 0.227. The van der Waals surface area contributed by atoms with Gasteiger partial charge >= 0.3 is 6.09 Å². The van der Waals surface area contributed by atoms with E-state index in [-0.39, 0.29) is 6.61 Å². The summed E-state index contributed by atoms with van der Waals surface area (Å²) in [4.78, 5) is 41.8. The summed E-state index contributed by atoms with van der Waals surface area (Å²) in [5, 5.41) is 0.900. The highest BCUT2D eigenvalue weighted by molar-refractivity contribution is 5.99. The predicted molar refractivity (Wildman–Crippen MR) is 110 cm³/mol. The largest absolute Gasteiger partial charge is 0.445 e. The quantitative estimate of drug-likeness (QED) is 0.580. The summed E-state index contributed by atoms with van der Waals surface area (Å²) < 4.78 is 5.34. The number of aromatic nitrogens is 1. The van der Waals surface area contributed by atoms with Crippen molar-refractivity contribution in [3.05, 3.63) is 71.9 Å². The number of carbonyl (C=O) groups is 3. The van der Waals surface area contributed by atoms with Crippen molar-refractivity contribution in [2.75, 3.05) is 6.54 Å². The number of hydrogen-bond donors (Lipinski definition) is 3. The van der Waals surface area contributed by atoms with E-state index >= 15 is 0 Å². The lowest BCUT2D eigenvalue weighted by atomic mass is 10.1. The van der Waals surface area contributed by atoms with Crippen LogP contribution in [0.1, 0.15) is 28.8 Å². The highest BCUT2D eigenvalue weighted by atomic mass is 16.6. The molecule has 1 atom stereocenters. The third-order valence-corrected chi connectivity index (χ3v) is 5.11. The number of hydrazine groups is 1. The van der Waals surface area contributed by atoms with Crippen LogP contribution in [0.4, 0.5) is 4.79 Å². The summed E-state index contributed by atoms with van der Waals surface area (Å²) in [6, 6.07) is 15.7. The van der Waals surface area contributed by atoms with Crippen molar-refractivity contribution < 1.29 is 19.1 Å². The Morgan fingerprint density at radius 2 is 1.90 bits per heavy atom. The van der Waals surface area contributed by atoms with Gasteiger partial charge in [0.1, 0.15) is 12.6 Å². The molecular weight excluding hydrogens is 384 g/mol. The lowest BCUT2D eigenvalue weighted by Gasteiger charge is -2.23. The number of hydrogen-bond acceptors (Lipinski definition) is 4. The Morgan fingerprint density at radius 1 is 1.07 bits per heavy atom. The van der Waals surface area contributed by atoms with E-state index < -0.39 is 23.9 Å². The van der Waals surface area contributed by atoms with Crippen LogP contribution in [0.25, 0.3) is 10.9 Å². The van der Waals surface area contributed by atoms with Crippen molar-refractivity contribution in [2.45, 2.75) is 25.5 Å². The van der Waals surface area contributed by atoms with Crippen LogP contribution < -0.4 is 10.9 Å². The maximum Gasteiger partial charge on any atom is 0.410 e. The van der Waals surface area contributed by atoms with Gasteiger partial charge in [0.05, 0.1) is 0 Å². The average molecular weight is 406 g/mol. The van der Waals surface area contributed by atoms with Gasteiger partial charge in [0, 0.05) is 29.2 Å². The lowest BCUT2D eigenvalue weighted by molar-refractivity contribution is -0.125. The van der Waals surface area contributed by atoms with E-state index in [1.807, 2.05) is 36.4 Å². The Bertz CT molecular complexity index is 1060. The van der Waals surface area contributed by atoms with Gasteiger partial charge in [0.15, 0.2) is 0 Å². The normalized spacial score (nSPS) is 15.7. The Morgan fingerprint density at radius 3 is 2.73 bits per heavy atom. The van der Waals surface area contributed by atoms with Gasteiger partial charge in [-0.15, -0.1) is 0 Å². The van der Waals surface area contributed by atoms with Crippen molar-refractivity contribution in [1.82, 2.24) is 20.7 Å². The standard InChI is InChI=1S/C22H22N4O4/c27-20(17-8-9-18-16(13-17)10-11-23-18)24-25-21(28)19-7-4-12-26(19)22(29)30-14-15-5-2-1-3-6-15/h1-3,5-6,8-11,13,19,23H,4,7,12,14H2,(H,24,27)(H,25,28)/t19-/m0/s1. The Kier molecular flexibility index (Phi) is 5.65. The second-order valence-electron chi connectivity index (χ2n) is 7.11. The molecule has 3 amide bonds. The van der Waals surface area contributed by atoms with Gasteiger partial charge in [-0.1, -0.05) is 30.3 Å². The van der Waals surface area contributed by atoms with Gasteiger partial charge < -0.3 is 9.72 Å². The van der Waals surface area contributed by atoms with Crippen molar-refractivity contribution in [3.8, 4) is 0 Å². The van der Waals surface area contributed by atoms with Gasteiger partial charge in [-0.2, -0.15) is 0 Å². The number of nitrogens with zero attached hydrogens (tertiary/aromatic N) is 1. The minimum atomic E-state index is -0.680. The van der Waals surface area contributed by atoms with Crippen molar-refractivity contribution in [2.24, 2.45) is 0 Å². The number of benzene rings is 2. The van der Waals surface area contributed by atoms with Crippen molar-refractivity contribution in [3.63, 3.8) is 0 Å². The molecule has 4 rings (SSSR count). The van der Waals surface area contributed by atoms with E-state index in [0.717, 1.165) is 16.5 Å². The molecule has 1 fully saturated rings. The summed E-state index contributed by atoms with van der Waals surface area (Å²) in [5.74, 6) is -0.872. The number of carbonyl (C=O) groups excluding carboxylic acids is 3. The van der Waals surface area contributed by atoms with E-state index in [1.54, 1.807) is 24.4 Å². The lowest BCUT2D eigenvalue weighted by Crippen LogP contribution is -2.51. The van der Waals surface area contributed by atoms with E-state index in [1.165, 1.54) is 4.90 Å². The zero-order chi connectivity index (χ0) is 20.9. The number of aromatic amines is 1. The number of rotatable bonds is 4. The molecule has 154 valence electrons. The van der Waals surface area contributed by atoms with Crippen LogP contribution in [0.2, 0.25) is 0 Å². The molecule has 3 aromatic rings. The molecule has 1 aliphatic rings. The zero-order valence-corrected chi connectivity index (χ0v) is 16.3. The van der Waals surface area contributed by atoms with Crippen LogP contribution in [-0.4, -0.2) is 40.4 Å². The second-order valence-corrected chi connectivity index (χ2v) is 7.11. The molecule has 0 spiro atoms. The predicted octanol–water partition coefficient (Wildman–Crippen LogP) is 2.73. The average Bonchev–Trinajstić information content (AvgIpc) is 3.45. The SMILES string of the molecule is O=C(NNC(=O)[C@@H]1CCCN1C(=O)OCc1ccccc1)c1ccc2[nH]ccc2c1. The van der Waals surface area contributed by atoms with Gasteiger partial charge in [0.25, 0.3) is 11.8 Å². The molecular formula is C22H22N4O4. The molecule has 30 heavy (non-hydrogen) atoms. The van der Waals surface area contributed by atoms with Gasteiger partial charge in [-0.25, -0.2) is 4.79 Å². The van der Waals surface area contributed by atoms with Crippen LogP contribution in [0.3, 0.4) is 0 Å². The van der Waals surface area contributed by atoms with Gasteiger partial charge in [0.2, 0.25) is 0 Å². The van der Waals surface area contributed by atoms with Crippen molar-refractivity contribution in [1.29, 1.82) is 0 Å². The molecule has 0 bridgehead atoms. The minimum Gasteiger partial charge on any atom is -0.445 e. The van der Waals surface area contributed by atoms with E-state index in [4.69, 9.17) is 4.74 Å². The number of nitrogens with one attached hydrogen (secondary N) is 3. The fourth-order valence-electron chi connectivity index (χ4n) is 3.53. The van der Waals surface area contributed by atoms with Gasteiger partial charge in [-0.05, 0) is 42.7 Å². The first-order chi connectivity index (χ1) is 14.6. The van der Waals surface area contributed by atoms with Crippen LogP contribution in [0, 0.1) is 0 Å². The molecule has 2 aromatic carbocycles. The van der Waals surface area contributed by atoms with E-state index in [0.29, 0.717) is 24.9 Å². The molecule has 1 aromatic heterocycles. The molecule has 1 aliphatic heterocycles. The van der Waals surface area contributed by atoms with Crippen molar-refractivity contribution >= 4 is 28.8 Å². The zero-order valence-electron chi connectivity index (χ0n) is 16.3. The van der Waals surface area contributed by atoms with Gasteiger partial charge in [-0.3, -0.25) is 25.3 Å². The topological polar surface area (TPSA) is 104 Å². The summed E-state index contributed by atoms with van der Waals surface area (Å²) in [7, 11) is 0. The summed E-state index contributed by atoms with van der Waals surface area (Å²) >= 11 is 0. The Hall–Kier alpha value is -3.81. The molecule has 0 saturated carbocycles.